The summed E-state index contributed by atoms with van der Waals surface area (Å²) in [7, 11) is 1.48. The lowest BCUT2D eigenvalue weighted by molar-refractivity contribution is -0.140. The summed E-state index contributed by atoms with van der Waals surface area (Å²) < 4.78 is 5.34. The van der Waals surface area contributed by atoms with Gasteiger partial charge in [-0.15, -0.1) is 0 Å². The molecular formula is C24H19ClN2O4. The van der Waals surface area contributed by atoms with Crippen LogP contribution in [0.2, 0.25) is 5.02 Å². The molecule has 1 aromatic heterocycles. The smallest absolute Gasteiger partial charge is 0.295 e. The number of methoxy groups -OCH3 is 1. The van der Waals surface area contributed by atoms with Crippen molar-refractivity contribution in [2.75, 3.05) is 7.11 Å². The van der Waals surface area contributed by atoms with Crippen LogP contribution in [0.15, 0.2) is 78.6 Å². The molecule has 0 bridgehead atoms. The van der Waals surface area contributed by atoms with Crippen molar-refractivity contribution in [1.29, 1.82) is 0 Å². The van der Waals surface area contributed by atoms with Crippen LogP contribution in [0.3, 0.4) is 0 Å². The van der Waals surface area contributed by atoms with Crippen molar-refractivity contribution < 1.29 is 19.4 Å². The van der Waals surface area contributed by atoms with Crippen LogP contribution in [0, 0.1) is 0 Å². The predicted octanol–water partition coefficient (Wildman–Crippen LogP) is 4.37. The zero-order valence-electron chi connectivity index (χ0n) is 16.7. The van der Waals surface area contributed by atoms with E-state index in [2.05, 4.69) is 4.98 Å². The minimum Gasteiger partial charge on any atom is -0.507 e. The van der Waals surface area contributed by atoms with Crippen molar-refractivity contribution in [3.63, 3.8) is 0 Å². The molecule has 1 atom stereocenters. The maximum Gasteiger partial charge on any atom is 0.295 e. The molecule has 1 saturated heterocycles. The van der Waals surface area contributed by atoms with Gasteiger partial charge < -0.3 is 14.7 Å². The number of aromatic nitrogens is 1. The van der Waals surface area contributed by atoms with Crippen molar-refractivity contribution in [3.05, 3.63) is 100 Å². The van der Waals surface area contributed by atoms with Crippen LogP contribution in [0.1, 0.15) is 22.7 Å². The van der Waals surface area contributed by atoms with Crippen molar-refractivity contribution in [1.82, 2.24) is 9.88 Å². The van der Waals surface area contributed by atoms with Crippen molar-refractivity contribution in [3.8, 4) is 5.75 Å². The number of hydrogen-bond acceptors (Lipinski definition) is 5. The molecule has 0 spiro atoms. The van der Waals surface area contributed by atoms with E-state index in [1.807, 2.05) is 6.07 Å². The Bertz CT molecular complexity index is 1160. The van der Waals surface area contributed by atoms with E-state index in [9.17, 15) is 14.7 Å². The first kappa shape index (κ1) is 20.6. The van der Waals surface area contributed by atoms with Gasteiger partial charge in [-0.3, -0.25) is 14.6 Å². The summed E-state index contributed by atoms with van der Waals surface area (Å²) >= 11 is 6.04. The monoisotopic (exact) mass is 434 g/mol. The van der Waals surface area contributed by atoms with E-state index in [-0.39, 0.29) is 17.9 Å². The number of pyridine rings is 1. The first-order chi connectivity index (χ1) is 15.0. The Kier molecular flexibility index (Phi) is 5.73. The third-order valence-corrected chi connectivity index (χ3v) is 5.42. The quantitative estimate of drug-likeness (QED) is 0.366. The van der Waals surface area contributed by atoms with Crippen molar-refractivity contribution in [2.24, 2.45) is 0 Å². The molecule has 3 aromatic rings. The van der Waals surface area contributed by atoms with E-state index < -0.39 is 17.7 Å². The van der Waals surface area contributed by atoms with Gasteiger partial charge in [0.05, 0.1) is 24.3 Å². The molecule has 0 saturated carbocycles. The number of para-hydroxylation sites is 1. The number of Topliss-reactive ketones (excluding diaryl/α,β-unsaturated/α-hetero) is 1. The van der Waals surface area contributed by atoms with Crippen LogP contribution >= 0.6 is 11.6 Å². The van der Waals surface area contributed by atoms with Crippen LogP contribution in [-0.2, 0) is 16.1 Å². The van der Waals surface area contributed by atoms with Crippen LogP contribution in [0.4, 0.5) is 0 Å². The van der Waals surface area contributed by atoms with Gasteiger partial charge in [-0.1, -0.05) is 41.9 Å². The second kappa shape index (κ2) is 8.62. The second-order valence-electron chi connectivity index (χ2n) is 7.04. The minimum absolute atomic E-state index is 0.000660. The number of rotatable bonds is 5. The Morgan fingerprint density at radius 3 is 2.52 bits per heavy atom. The largest absolute Gasteiger partial charge is 0.507 e. The summed E-state index contributed by atoms with van der Waals surface area (Å²) in [6.07, 6.45) is 3.27. The molecule has 1 fully saturated rings. The number of aliphatic hydroxyl groups is 1. The number of carbonyl (C=O) groups excluding carboxylic acids is 2. The summed E-state index contributed by atoms with van der Waals surface area (Å²) in [6, 6.07) is 16.4. The highest BCUT2D eigenvalue weighted by Crippen LogP contribution is 2.41. The predicted molar refractivity (Wildman–Crippen MR) is 117 cm³/mol. The number of carbonyl (C=O) groups is 2. The van der Waals surface area contributed by atoms with Crippen LogP contribution in [0.25, 0.3) is 5.76 Å². The molecule has 1 aliphatic heterocycles. The minimum atomic E-state index is -0.789. The molecule has 31 heavy (non-hydrogen) atoms. The zero-order chi connectivity index (χ0) is 22.0. The van der Waals surface area contributed by atoms with Gasteiger partial charge >= 0.3 is 0 Å². The van der Waals surface area contributed by atoms with Crippen LogP contribution in [-0.4, -0.2) is 33.8 Å². The molecule has 1 aliphatic rings. The number of nitrogens with zero attached hydrogens (tertiary/aromatic N) is 2. The number of hydrogen-bond donors (Lipinski definition) is 1. The second-order valence-corrected chi connectivity index (χ2v) is 7.48. The average molecular weight is 435 g/mol. The van der Waals surface area contributed by atoms with E-state index in [4.69, 9.17) is 16.3 Å². The van der Waals surface area contributed by atoms with E-state index >= 15 is 0 Å². The number of ketones is 1. The van der Waals surface area contributed by atoms with Gasteiger partial charge in [0.1, 0.15) is 11.5 Å². The Balaban J connectivity index is 1.89. The van der Waals surface area contributed by atoms with Gasteiger partial charge in [-0.05, 0) is 41.5 Å². The molecule has 2 aromatic carbocycles. The number of aliphatic hydroxyl groups excluding tert-OH is 1. The number of halogens is 1. The summed E-state index contributed by atoms with van der Waals surface area (Å²) in [6.45, 7) is 0.161. The molecule has 6 nitrogen and oxygen atoms in total. The molecule has 1 amide bonds. The number of amides is 1. The third kappa shape index (κ3) is 3.90. The summed E-state index contributed by atoms with van der Waals surface area (Å²) in [5.41, 5.74) is 1.76. The fourth-order valence-corrected chi connectivity index (χ4v) is 3.83. The average Bonchev–Trinajstić information content (AvgIpc) is 3.04. The van der Waals surface area contributed by atoms with Crippen LogP contribution in [0.5, 0.6) is 5.75 Å². The Morgan fingerprint density at radius 1 is 1.10 bits per heavy atom. The van der Waals surface area contributed by atoms with E-state index in [0.29, 0.717) is 21.9 Å². The molecule has 0 aliphatic carbocycles. The highest BCUT2D eigenvalue weighted by molar-refractivity contribution is 6.46. The Hall–Kier alpha value is -3.64. The van der Waals surface area contributed by atoms with Crippen LogP contribution < -0.4 is 4.74 Å². The number of ether oxygens (including phenoxy) is 1. The van der Waals surface area contributed by atoms with Gasteiger partial charge in [0.15, 0.2) is 0 Å². The lowest BCUT2D eigenvalue weighted by Crippen LogP contribution is -2.29. The highest BCUT2D eigenvalue weighted by Gasteiger charge is 2.46. The SMILES string of the molecule is COc1ccccc1/C(O)=C1\C(=O)C(=O)N(Cc2cccnc2)C1c1ccc(Cl)cc1. The number of benzene rings is 2. The maximum atomic E-state index is 13.1. The molecule has 156 valence electrons. The molecule has 1 unspecified atom stereocenters. The zero-order valence-corrected chi connectivity index (χ0v) is 17.4. The van der Waals surface area contributed by atoms with Gasteiger partial charge in [-0.2, -0.15) is 0 Å². The standard InChI is InChI=1S/C24H19ClN2O4/c1-31-19-7-3-2-6-18(19)22(28)20-21(16-8-10-17(25)11-9-16)27(24(30)23(20)29)14-15-5-4-12-26-13-15/h2-13,21,28H,14H2,1H3/b22-20+. The van der Waals surface area contributed by atoms with Gasteiger partial charge in [0.25, 0.3) is 11.7 Å². The van der Waals surface area contributed by atoms with Gasteiger partial charge in [0, 0.05) is 24.0 Å². The summed E-state index contributed by atoms with van der Waals surface area (Å²) in [5, 5.41) is 11.7. The maximum absolute atomic E-state index is 13.1. The summed E-state index contributed by atoms with van der Waals surface area (Å²) in [4.78, 5) is 31.6. The molecule has 2 heterocycles. The molecular weight excluding hydrogens is 416 g/mol. The lowest BCUT2D eigenvalue weighted by atomic mass is 9.95. The van der Waals surface area contributed by atoms with Gasteiger partial charge in [-0.25, -0.2) is 0 Å². The number of likely N-dealkylation sites (tertiary alicyclic amines) is 1. The third-order valence-electron chi connectivity index (χ3n) is 5.16. The molecule has 0 radical (unpaired) electrons. The topological polar surface area (TPSA) is 79.7 Å². The first-order valence-corrected chi connectivity index (χ1v) is 9.95. The van der Waals surface area contributed by atoms with E-state index in [1.54, 1.807) is 67.0 Å². The molecule has 1 N–H and O–H groups in total. The fourth-order valence-electron chi connectivity index (χ4n) is 3.71. The normalized spacial score (nSPS) is 17.7. The van der Waals surface area contributed by atoms with Crippen molar-refractivity contribution >= 4 is 29.1 Å². The molecule has 4 rings (SSSR count). The fraction of sp³-hybridized carbons (Fsp3) is 0.125. The Morgan fingerprint density at radius 2 is 1.84 bits per heavy atom. The van der Waals surface area contributed by atoms with Crippen molar-refractivity contribution in [2.45, 2.75) is 12.6 Å². The Labute approximate surface area is 184 Å². The van der Waals surface area contributed by atoms with E-state index in [1.165, 1.54) is 12.0 Å². The van der Waals surface area contributed by atoms with Gasteiger partial charge in [0.2, 0.25) is 0 Å². The highest BCUT2D eigenvalue weighted by atomic mass is 35.5. The summed E-state index contributed by atoms with van der Waals surface area (Å²) in [5.74, 6) is -1.34. The lowest BCUT2D eigenvalue weighted by Gasteiger charge is -2.25. The molecule has 7 heteroatoms. The van der Waals surface area contributed by atoms with E-state index in [0.717, 1.165) is 5.56 Å². The first-order valence-electron chi connectivity index (χ1n) is 9.57.